The quantitative estimate of drug-likeness (QED) is 0.699. The summed E-state index contributed by atoms with van der Waals surface area (Å²) in [7, 11) is 2.10. The molecular weight excluding hydrogens is 368 g/mol. The Morgan fingerprint density at radius 3 is 2.45 bits per heavy atom. The molecule has 3 atom stereocenters. The highest BCUT2D eigenvalue weighted by molar-refractivity contribution is 5.71. The van der Waals surface area contributed by atoms with Crippen LogP contribution in [0.5, 0.6) is 5.75 Å². The van der Waals surface area contributed by atoms with E-state index in [4.69, 9.17) is 4.42 Å². The molecule has 2 aliphatic heterocycles. The van der Waals surface area contributed by atoms with Gasteiger partial charge in [-0.25, -0.2) is 0 Å². The first-order valence-corrected chi connectivity index (χ1v) is 10.0. The van der Waals surface area contributed by atoms with Gasteiger partial charge in [-0.05, 0) is 56.0 Å². The van der Waals surface area contributed by atoms with Gasteiger partial charge in [-0.3, -0.25) is 0 Å². The van der Waals surface area contributed by atoms with E-state index >= 15 is 0 Å². The predicted molar refractivity (Wildman–Crippen MR) is 109 cm³/mol. The summed E-state index contributed by atoms with van der Waals surface area (Å²) in [6.07, 6.45) is 4.84. The second kappa shape index (κ2) is 7.11. The Morgan fingerprint density at radius 2 is 1.83 bits per heavy atom. The van der Waals surface area contributed by atoms with Crippen LogP contribution < -0.4 is 10.2 Å². The molecule has 2 aliphatic rings. The number of aryl methyl sites for hydroxylation is 1. The standard InChI is InChI=1S/C21H24N6O2/c1-12-23-26-21(29-12)13-3-6-17(19(28)9-13)18-7-8-20(25-24-18)27(2)16-10-14-4-5-15(11-16)22-14/h3,6-9,14-16,22,28H,4-5,10-11H2,1-2H3/t14-,15+,16+. The molecule has 5 rings (SSSR count). The molecule has 1 aromatic carbocycles. The van der Waals surface area contributed by atoms with E-state index < -0.39 is 0 Å². The van der Waals surface area contributed by atoms with Crippen molar-refractivity contribution in [2.45, 2.75) is 50.7 Å². The van der Waals surface area contributed by atoms with Gasteiger partial charge in [0.25, 0.3) is 0 Å². The summed E-state index contributed by atoms with van der Waals surface area (Å²) in [6.45, 7) is 1.73. The molecule has 2 bridgehead atoms. The van der Waals surface area contributed by atoms with Gasteiger partial charge < -0.3 is 19.7 Å². The van der Waals surface area contributed by atoms with E-state index in [0.29, 0.717) is 46.7 Å². The first-order valence-electron chi connectivity index (χ1n) is 10.0. The number of hydrogen-bond acceptors (Lipinski definition) is 8. The normalized spacial score (nSPS) is 23.3. The molecule has 0 radical (unpaired) electrons. The minimum absolute atomic E-state index is 0.101. The van der Waals surface area contributed by atoms with Gasteiger partial charge in [-0.2, -0.15) is 0 Å². The van der Waals surface area contributed by atoms with Crippen molar-refractivity contribution in [2.24, 2.45) is 0 Å². The van der Waals surface area contributed by atoms with Crippen LogP contribution in [0.25, 0.3) is 22.7 Å². The number of rotatable bonds is 4. The minimum Gasteiger partial charge on any atom is -0.507 e. The summed E-state index contributed by atoms with van der Waals surface area (Å²) >= 11 is 0. The number of phenols is 1. The number of hydrogen-bond donors (Lipinski definition) is 2. The van der Waals surface area contributed by atoms with E-state index in [0.717, 1.165) is 18.7 Å². The van der Waals surface area contributed by atoms with Crippen LogP contribution in [-0.2, 0) is 0 Å². The van der Waals surface area contributed by atoms with Crippen LogP contribution in [0.3, 0.4) is 0 Å². The van der Waals surface area contributed by atoms with Gasteiger partial charge in [0.1, 0.15) is 5.75 Å². The average Bonchev–Trinajstić information content (AvgIpc) is 3.32. The van der Waals surface area contributed by atoms with Crippen molar-refractivity contribution in [2.75, 3.05) is 11.9 Å². The molecule has 0 unspecified atom stereocenters. The van der Waals surface area contributed by atoms with Gasteiger partial charge in [0.05, 0.1) is 5.69 Å². The highest BCUT2D eigenvalue weighted by atomic mass is 16.4. The first-order chi connectivity index (χ1) is 14.1. The zero-order chi connectivity index (χ0) is 20.0. The van der Waals surface area contributed by atoms with Crippen LogP contribution in [0.4, 0.5) is 5.82 Å². The van der Waals surface area contributed by atoms with Crippen molar-refractivity contribution in [1.82, 2.24) is 25.7 Å². The highest BCUT2D eigenvalue weighted by Gasteiger charge is 2.35. The number of phenolic OH excluding ortho intramolecular Hbond substituents is 1. The number of benzene rings is 1. The van der Waals surface area contributed by atoms with Crippen LogP contribution in [0.2, 0.25) is 0 Å². The van der Waals surface area contributed by atoms with Gasteiger partial charge in [0.15, 0.2) is 5.82 Å². The zero-order valence-electron chi connectivity index (χ0n) is 16.5. The molecule has 2 saturated heterocycles. The molecule has 150 valence electrons. The van der Waals surface area contributed by atoms with Crippen molar-refractivity contribution in [1.29, 1.82) is 0 Å². The highest BCUT2D eigenvalue weighted by Crippen LogP contribution is 2.33. The molecule has 4 heterocycles. The maximum atomic E-state index is 10.5. The topological polar surface area (TPSA) is 100 Å². The van der Waals surface area contributed by atoms with Crippen LogP contribution >= 0.6 is 0 Å². The molecule has 0 spiro atoms. The fourth-order valence-electron chi connectivity index (χ4n) is 4.48. The largest absolute Gasteiger partial charge is 0.507 e. The van der Waals surface area contributed by atoms with Crippen molar-refractivity contribution in [3.8, 4) is 28.5 Å². The molecule has 0 amide bonds. The maximum absolute atomic E-state index is 10.5. The second-order valence-corrected chi connectivity index (χ2v) is 8.01. The third kappa shape index (κ3) is 3.44. The molecule has 29 heavy (non-hydrogen) atoms. The lowest BCUT2D eigenvalue weighted by molar-refractivity contribution is 0.353. The Morgan fingerprint density at radius 1 is 1.03 bits per heavy atom. The maximum Gasteiger partial charge on any atom is 0.247 e. The Hall–Kier alpha value is -3.00. The van der Waals surface area contributed by atoms with E-state index in [2.05, 4.69) is 37.7 Å². The first kappa shape index (κ1) is 18.1. The monoisotopic (exact) mass is 392 g/mol. The summed E-state index contributed by atoms with van der Waals surface area (Å²) in [5, 5.41) is 30.8. The van der Waals surface area contributed by atoms with Crippen LogP contribution in [0, 0.1) is 6.92 Å². The molecule has 0 aliphatic carbocycles. The van der Waals surface area contributed by atoms with Gasteiger partial charge in [0, 0.05) is 43.2 Å². The number of fused-ring (bicyclic) bond motifs is 2. The summed E-state index contributed by atoms with van der Waals surface area (Å²) in [4.78, 5) is 2.24. The Balaban J connectivity index is 1.34. The van der Waals surface area contributed by atoms with E-state index in [1.165, 1.54) is 12.8 Å². The zero-order valence-corrected chi connectivity index (χ0v) is 16.5. The number of aromatic nitrogens is 4. The van der Waals surface area contributed by atoms with Gasteiger partial charge in [-0.15, -0.1) is 20.4 Å². The molecule has 2 fully saturated rings. The third-order valence-electron chi connectivity index (χ3n) is 6.05. The summed E-state index contributed by atoms with van der Waals surface area (Å²) in [5.41, 5.74) is 1.90. The number of anilines is 1. The summed E-state index contributed by atoms with van der Waals surface area (Å²) in [6, 6.07) is 10.9. The Bertz CT molecular complexity index is 1010. The summed E-state index contributed by atoms with van der Waals surface area (Å²) < 4.78 is 5.42. The fraction of sp³-hybridized carbons (Fsp3) is 0.429. The van der Waals surface area contributed by atoms with Crippen LogP contribution in [0.1, 0.15) is 31.6 Å². The van der Waals surface area contributed by atoms with Crippen molar-refractivity contribution in [3.05, 3.63) is 36.2 Å². The van der Waals surface area contributed by atoms with E-state index in [1.54, 1.807) is 19.1 Å². The van der Waals surface area contributed by atoms with Gasteiger partial charge in [0.2, 0.25) is 11.8 Å². The van der Waals surface area contributed by atoms with Crippen molar-refractivity contribution in [3.63, 3.8) is 0 Å². The summed E-state index contributed by atoms with van der Waals surface area (Å²) in [5.74, 6) is 1.82. The molecule has 2 N–H and O–H groups in total. The van der Waals surface area contributed by atoms with Crippen molar-refractivity contribution < 1.29 is 9.52 Å². The molecule has 3 aromatic rings. The third-order valence-corrected chi connectivity index (χ3v) is 6.05. The lowest BCUT2D eigenvalue weighted by atomic mass is 9.98. The van der Waals surface area contributed by atoms with Crippen LogP contribution in [-0.4, -0.2) is 50.7 Å². The number of aromatic hydroxyl groups is 1. The molecular formula is C21H24N6O2. The van der Waals surface area contributed by atoms with E-state index in [1.807, 2.05) is 18.2 Å². The van der Waals surface area contributed by atoms with Gasteiger partial charge in [-0.1, -0.05) is 0 Å². The SMILES string of the molecule is Cc1nnc(-c2ccc(-c3ccc(N(C)[C@H]4C[C@H]5CC[C@@H](C4)N5)nn3)c(O)c2)o1. The number of nitrogens with one attached hydrogen (secondary N) is 1. The Labute approximate surface area is 169 Å². The Kier molecular flexibility index (Phi) is 4.43. The number of nitrogens with zero attached hydrogens (tertiary/aromatic N) is 5. The average molecular weight is 392 g/mol. The lowest BCUT2D eigenvalue weighted by Gasteiger charge is -2.36. The minimum atomic E-state index is 0.101. The second-order valence-electron chi connectivity index (χ2n) is 8.01. The molecule has 8 nitrogen and oxygen atoms in total. The molecule has 0 saturated carbocycles. The molecule has 2 aromatic heterocycles. The fourth-order valence-corrected chi connectivity index (χ4v) is 4.48. The lowest BCUT2D eigenvalue weighted by Crippen LogP contribution is -2.47. The van der Waals surface area contributed by atoms with E-state index in [-0.39, 0.29) is 5.75 Å². The van der Waals surface area contributed by atoms with Gasteiger partial charge >= 0.3 is 0 Å². The number of piperidine rings is 1. The molecule has 8 heteroatoms. The predicted octanol–water partition coefficient (Wildman–Crippen LogP) is 2.93. The smallest absolute Gasteiger partial charge is 0.247 e. The van der Waals surface area contributed by atoms with Crippen LogP contribution in [0.15, 0.2) is 34.7 Å². The van der Waals surface area contributed by atoms with Crippen molar-refractivity contribution >= 4 is 5.82 Å². The van der Waals surface area contributed by atoms with E-state index in [9.17, 15) is 5.11 Å².